The van der Waals surface area contributed by atoms with E-state index < -0.39 is 0 Å². The molecule has 1 aliphatic rings. The first kappa shape index (κ1) is 11.9. The molecule has 0 aromatic carbocycles. The van der Waals surface area contributed by atoms with Gasteiger partial charge < -0.3 is 5.32 Å². The van der Waals surface area contributed by atoms with E-state index in [1.807, 2.05) is 11.4 Å². The maximum absolute atomic E-state index is 11.3. The highest BCUT2D eigenvalue weighted by Crippen LogP contribution is 2.29. The number of thioether (sulfide) groups is 1. The molecule has 3 rings (SSSR count). The van der Waals surface area contributed by atoms with Gasteiger partial charge in [0.1, 0.15) is 11.4 Å². The Bertz CT molecular complexity index is 569. The summed E-state index contributed by atoms with van der Waals surface area (Å²) >= 11 is 3.38. The van der Waals surface area contributed by atoms with Gasteiger partial charge in [-0.25, -0.2) is 9.97 Å². The van der Waals surface area contributed by atoms with Crippen LogP contribution in [0.1, 0.15) is 19.3 Å². The molecule has 0 aliphatic carbocycles. The molecule has 0 bridgehead atoms. The van der Waals surface area contributed by atoms with Gasteiger partial charge in [0.25, 0.3) is 0 Å². The van der Waals surface area contributed by atoms with Crippen LogP contribution in [-0.2, 0) is 4.79 Å². The third-order valence-corrected chi connectivity index (χ3v) is 5.14. The molecule has 3 heterocycles. The van der Waals surface area contributed by atoms with Gasteiger partial charge in [0, 0.05) is 18.2 Å². The normalized spacial score (nSPS) is 20.0. The zero-order valence-corrected chi connectivity index (χ0v) is 11.4. The van der Waals surface area contributed by atoms with E-state index in [9.17, 15) is 4.79 Å². The summed E-state index contributed by atoms with van der Waals surface area (Å²) in [4.78, 5) is 19.9. The van der Waals surface area contributed by atoms with Crippen molar-refractivity contribution < 1.29 is 4.79 Å². The number of thiophene rings is 1. The Hall–Kier alpha value is -1.14. The lowest BCUT2D eigenvalue weighted by Crippen LogP contribution is -2.40. The number of amides is 1. The monoisotopic (exact) mass is 279 g/mol. The van der Waals surface area contributed by atoms with Gasteiger partial charge in [-0.2, -0.15) is 0 Å². The Balaban J connectivity index is 1.69. The first-order valence-corrected chi connectivity index (χ1v) is 7.80. The number of hydrogen-bond acceptors (Lipinski definition) is 5. The highest BCUT2D eigenvalue weighted by atomic mass is 32.2. The van der Waals surface area contributed by atoms with Crippen LogP contribution in [0.25, 0.3) is 10.2 Å². The molecule has 0 spiro atoms. The van der Waals surface area contributed by atoms with Crippen molar-refractivity contribution in [2.75, 3.05) is 5.75 Å². The van der Waals surface area contributed by atoms with E-state index in [-0.39, 0.29) is 11.9 Å². The first-order chi connectivity index (χ1) is 8.83. The number of aromatic nitrogens is 2. The third-order valence-electron chi connectivity index (χ3n) is 2.95. The maximum Gasteiger partial charge on any atom is 0.220 e. The van der Waals surface area contributed by atoms with Gasteiger partial charge in [-0.1, -0.05) is 0 Å². The minimum Gasteiger partial charge on any atom is -0.353 e. The third kappa shape index (κ3) is 2.49. The van der Waals surface area contributed by atoms with E-state index in [0.29, 0.717) is 6.42 Å². The van der Waals surface area contributed by atoms with Crippen molar-refractivity contribution in [3.63, 3.8) is 0 Å². The number of nitrogens with zero attached hydrogens (tertiary/aromatic N) is 2. The summed E-state index contributed by atoms with van der Waals surface area (Å²) in [6.45, 7) is 0. The molecule has 1 saturated heterocycles. The van der Waals surface area contributed by atoms with Crippen LogP contribution in [0.2, 0.25) is 0 Å². The van der Waals surface area contributed by atoms with Gasteiger partial charge in [-0.05, 0) is 24.3 Å². The second kappa shape index (κ2) is 5.24. The fourth-order valence-corrected chi connectivity index (χ4v) is 4.07. The highest BCUT2D eigenvalue weighted by Gasteiger charge is 2.18. The summed E-state index contributed by atoms with van der Waals surface area (Å²) in [5.41, 5.74) is 1.00. The summed E-state index contributed by atoms with van der Waals surface area (Å²) in [5.74, 6) is 1.06. The Morgan fingerprint density at radius 1 is 1.50 bits per heavy atom. The lowest BCUT2D eigenvalue weighted by atomic mass is 10.1. The Morgan fingerprint density at radius 2 is 2.44 bits per heavy atom. The maximum atomic E-state index is 11.3. The van der Waals surface area contributed by atoms with Crippen LogP contribution in [-0.4, -0.2) is 27.7 Å². The predicted octanol–water partition coefficient (Wildman–Crippen LogP) is 2.45. The molecule has 1 unspecified atom stereocenters. The summed E-state index contributed by atoms with van der Waals surface area (Å²) in [5, 5.41) is 6.09. The number of hydrogen-bond donors (Lipinski definition) is 1. The molecule has 6 heteroatoms. The van der Waals surface area contributed by atoms with Crippen LogP contribution in [0.3, 0.4) is 0 Å². The molecule has 1 amide bonds. The number of nitrogens with one attached hydrogen (secondary N) is 1. The fourth-order valence-electron chi connectivity index (χ4n) is 2.05. The van der Waals surface area contributed by atoms with E-state index in [2.05, 4.69) is 15.3 Å². The molecule has 1 atom stereocenters. The summed E-state index contributed by atoms with van der Waals surface area (Å²) in [6, 6.07) is 2.29. The highest BCUT2D eigenvalue weighted by molar-refractivity contribution is 7.99. The Morgan fingerprint density at radius 3 is 3.33 bits per heavy atom. The van der Waals surface area contributed by atoms with Crippen LogP contribution in [0.4, 0.5) is 0 Å². The molecule has 0 radical (unpaired) electrons. The van der Waals surface area contributed by atoms with E-state index in [1.54, 1.807) is 29.4 Å². The molecule has 1 aliphatic heterocycles. The average molecular weight is 279 g/mol. The number of carbonyl (C=O) groups excluding carboxylic acids is 1. The standard InChI is InChI=1S/C12H13N3OS2/c16-10-3-1-2-8(15-10)6-18-12-11-9(4-5-17-11)13-7-14-12/h4-5,7-8H,1-3,6H2,(H,15,16). The summed E-state index contributed by atoms with van der Waals surface area (Å²) < 4.78 is 1.14. The molecule has 0 saturated carbocycles. The van der Waals surface area contributed by atoms with Crippen LogP contribution in [0, 0.1) is 0 Å². The van der Waals surface area contributed by atoms with Gasteiger partial charge in [0.05, 0.1) is 10.2 Å². The number of piperidine rings is 1. The van der Waals surface area contributed by atoms with Crippen molar-refractivity contribution in [1.82, 2.24) is 15.3 Å². The van der Waals surface area contributed by atoms with Crippen molar-refractivity contribution in [2.45, 2.75) is 30.3 Å². The van der Waals surface area contributed by atoms with Crippen LogP contribution in [0.15, 0.2) is 22.8 Å². The van der Waals surface area contributed by atoms with E-state index in [1.165, 1.54) is 0 Å². The molecule has 2 aromatic heterocycles. The predicted molar refractivity (Wildman–Crippen MR) is 73.9 cm³/mol. The Labute approximate surface area is 113 Å². The van der Waals surface area contributed by atoms with Crippen molar-refractivity contribution in [1.29, 1.82) is 0 Å². The van der Waals surface area contributed by atoms with Crippen LogP contribution in [0.5, 0.6) is 0 Å². The van der Waals surface area contributed by atoms with Gasteiger partial charge in [0.2, 0.25) is 5.91 Å². The Kier molecular flexibility index (Phi) is 3.47. The SMILES string of the molecule is O=C1CCCC(CSc2ncnc3ccsc23)N1. The lowest BCUT2D eigenvalue weighted by molar-refractivity contribution is -0.123. The number of fused-ring (bicyclic) bond motifs is 1. The average Bonchev–Trinajstić information content (AvgIpc) is 2.85. The summed E-state index contributed by atoms with van der Waals surface area (Å²) in [6.07, 6.45) is 4.34. The van der Waals surface area contributed by atoms with Gasteiger partial charge in [-0.3, -0.25) is 4.79 Å². The molecular weight excluding hydrogens is 266 g/mol. The number of carbonyl (C=O) groups is 1. The van der Waals surface area contributed by atoms with E-state index in [4.69, 9.17) is 0 Å². The first-order valence-electron chi connectivity index (χ1n) is 5.93. The second-order valence-electron chi connectivity index (χ2n) is 4.28. The fraction of sp³-hybridized carbons (Fsp3) is 0.417. The van der Waals surface area contributed by atoms with Gasteiger partial charge in [0.15, 0.2) is 0 Å². The zero-order chi connectivity index (χ0) is 12.4. The van der Waals surface area contributed by atoms with Crippen molar-refractivity contribution >= 4 is 39.2 Å². The molecule has 94 valence electrons. The number of rotatable bonds is 3. The molecular formula is C12H13N3OS2. The van der Waals surface area contributed by atoms with Crippen LogP contribution >= 0.6 is 23.1 Å². The quantitative estimate of drug-likeness (QED) is 0.692. The van der Waals surface area contributed by atoms with E-state index >= 15 is 0 Å². The van der Waals surface area contributed by atoms with E-state index in [0.717, 1.165) is 33.8 Å². The molecule has 4 nitrogen and oxygen atoms in total. The minimum atomic E-state index is 0.177. The summed E-state index contributed by atoms with van der Waals surface area (Å²) in [7, 11) is 0. The smallest absolute Gasteiger partial charge is 0.220 e. The second-order valence-corrected chi connectivity index (χ2v) is 6.21. The topological polar surface area (TPSA) is 54.9 Å². The molecule has 1 N–H and O–H groups in total. The van der Waals surface area contributed by atoms with Crippen LogP contribution < -0.4 is 5.32 Å². The zero-order valence-electron chi connectivity index (χ0n) is 9.76. The molecule has 18 heavy (non-hydrogen) atoms. The molecule has 2 aromatic rings. The minimum absolute atomic E-state index is 0.177. The van der Waals surface area contributed by atoms with Crippen molar-refractivity contribution in [2.24, 2.45) is 0 Å². The largest absolute Gasteiger partial charge is 0.353 e. The van der Waals surface area contributed by atoms with Crippen molar-refractivity contribution in [3.05, 3.63) is 17.8 Å². The molecule has 1 fully saturated rings. The van der Waals surface area contributed by atoms with Crippen molar-refractivity contribution in [3.8, 4) is 0 Å². The van der Waals surface area contributed by atoms with Gasteiger partial charge >= 0.3 is 0 Å². The van der Waals surface area contributed by atoms with Gasteiger partial charge in [-0.15, -0.1) is 23.1 Å². The lowest BCUT2D eigenvalue weighted by Gasteiger charge is -2.22.